The van der Waals surface area contributed by atoms with Gasteiger partial charge in [0.25, 0.3) is 11.8 Å². The number of rotatable bonds is 28. The lowest BCUT2D eigenvalue weighted by molar-refractivity contribution is -0.132. The van der Waals surface area contributed by atoms with Gasteiger partial charge in [0.05, 0.1) is 98.6 Å². The van der Waals surface area contributed by atoms with Crippen molar-refractivity contribution in [2.75, 3.05) is 68.7 Å². The maximum atomic E-state index is 14.5. The average molecular weight is 1490 g/mol. The number of aliphatic hydroxyl groups excluding tert-OH is 1. The molecule has 5 aliphatic heterocycles. The summed E-state index contributed by atoms with van der Waals surface area (Å²) >= 11 is 0. The largest absolute Gasteiger partial charge is 0.493 e. The van der Waals surface area contributed by atoms with E-state index in [0.29, 0.717) is 78.5 Å². The van der Waals surface area contributed by atoms with Gasteiger partial charge in [0.2, 0.25) is 35.4 Å². The first-order valence-electron chi connectivity index (χ1n) is 37.8. The number of carbonyl (C=O) groups is 9. The van der Waals surface area contributed by atoms with Gasteiger partial charge in [-0.2, -0.15) is 0 Å². The summed E-state index contributed by atoms with van der Waals surface area (Å²) in [7, 11) is 3.01. The molecule has 4 fully saturated rings. The molecule has 6 atom stereocenters. The van der Waals surface area contributed by atoms with Crippen molar-refractivity contribution in [2.45, 2.75) is 175 Å². The Morgan fingerprint density at radius 2 is 1.30 bits per heavy atom. The molecule has 1 unspecified atom stereocenters. The predicted molar refractivity (Wildman–Crippen MR) is 405 cm³/mol. The van der Waals surface area contributed by atoms with Crippen LogP contribution in [-0.2, 0) is 52.2 Å². The Hall–Kier alpha value is -10.9. The number of fused-ring (bicyclic) bond motifs is 9. The Bertz CT molecular complexity index is 4550. The molecule has 0 bridgehead atoms. The molecular weight excluding hydrogens is 1390 g/mol. The average Bonchev–Trinajstić information content (AvgIpc) is 1.60. The summed E-state index contributed by atoms with van der Waals surface area (Å²) in [4.78, 5) is 134. The van der Waals surface area contributed by atoms with Crippen molar-refractivity contribution in [3.05, 3.63) is 119 Å². The second-order valence-electron chi connectivity index (χ2n) is 30.8. The lowest BCUT2D eigenvalue weighted by Gasteiger charge is -2.35. The summed E-state index contributed by atoms with van der Waals surface area (Å²) in [6.45, 7) is 14.2. The van der Waals surface area contributed by atoms with Crippen molar-refractivity contribution < 1.29 is 71.9 Å². The quantitative estimate of drug-likeness (QED) is 0.0249. The van der Waals surface area contributed by atoms with Crippen LogP contribution in [0.5, 0.6) is 23.0 Å². The molecule has 2 aliphatic carbocycles. The van der Waals surface area contributed by atoms with E-state index in [1.54, 1.807) is 67.2 Å². The van der Waals surface area contributed by atoms with Crippen molar-refractivity contribution in [1.29, 1.82) is 0 Å². The van der Waals surface area contributed by atoms with Crippen molar-refractivity contribution in [2.24, 2.45) is 27.7 Å². The molecule has 6 aromatic rings. The van der Waals surface area contributed by atoms with Crippen LogP contribution in [-0.4, -0.2) is 173 Å². The first kappa shape index (κ1) is 76.3. The van der Waals surface area contributed by atoms with E-state index in [4.69, 9.17) is 39.0 Å². The molecule has 109 heavy (non-hydrogen) atoms. The standard InChI is InChI=1S/C81H97N13O15/c1-10-79(7,48(4)5)94-72-55-20-14-15-21-59(55)90(43-51-18-12-13-19-54(51)71(72)88-89-94)69(98)27-26-66(95)83-41-67(96)84-42-68(97)87-70(47(2)3)74(100)85-49(6)73(99)86-52-24-22-50(23-25-52)44-109-78(104)93-60-37-65(63(106-9)35-57(60)76(102)92-46-81(30-31-81)39-61(92)77(93)103)108-33-17-11-16-32-107-64-36-58-56(34-62(64)105-8)75(101)91-45-80(28-29-80)38-53(91)40-82-58/h12-15,18-25,34-37,40,47-49,53,61,70,77,103H,10-11,16-17,26-33,38-39,41-46H2,1-9H3,(H,83,95)(H,84,96)(H,85,100)(H,86,99)(H,87,97)/t49-,53-,61-,70-,77-,79?/m0/s1. The number of para-hydroxylation sites is 1. The van der Waals surface area contributed by atoms with Crippen LogP contribution in [0.3, 0.4) is 0 Å². The number of aromatic nitrogens is 3. The Kier molecular flexibility index (Phi) is 22.2. The van der Waals surface area contributed by atoms with Gasteiger partial charge in [-0.25, -0.2) is 14.4 Å². The number of aliphatic imine (C=N–C) groups is 1. The van der Waals surface area contributed by atoms with E-state index >= 15 is 0 Å². The molecule has 13 rings (SSSR count). The fourth-order valence-corrected chi connectivity index (χ4v) is 15.4. The number of methoxy groups -OCH3 is 2. The van der Waals surface area contributed by atoms with E-state index in [0.717, 1.165) is 78.0 Å². The van der Waals surface area contributed by atoms with Crippen molar-refractivity contribution >= 4 is 82.3 Å². The third kappa shape index (κ3) is 16.0. The highest BCUT2D eigenvalue weighted by molar-refractivity contribution is 6.07. The number of ether oxygens (including phenoxy) is 5. The summed E-state index contributed by atoms with van der Waals surface area (Å²) in [6.07, 6.45) is 7.36. The van der Waals surface area contributed by atoms with E-state index in [-0.39, 0.29) is 95.9 Å². The molecule has 0 radical (unpaired) electrons. The number of hydrogen-bond acceptors (Lipinski definition) is 18. The number of nitrogens with zero attached hydrogens (tertiary/aromatic N) is 8. The van der Waals surface area contributed by atoms with Crippen LogP contribution < -0.4 is 55.3 Å². The number of carbonyl (C=O) groups excluding carboxylic acids is 9. The van der Waals surface area contributed by atoms with Crippen LogP contribution in [0.15, 0.2) is 102 Å². The predicted octanol–water partition coefficient (Wildman–Crippen LogP) is 9.36. The summed E-state index contributed by atoms with van der Waals surface area (Å²) < 4.78 is 31.8. The van der Waals surface area contributed by atoms with Gasteiger partial charge < -0.3 is 70.1 Å². The fourth-order valence-electron chi connectivity index (χ4n) is 15.4. The number of aliphatic hydroxyl groups is 1. The molecule has 28 heteroatoms. The summed E-state index contributed by atoms with van der Waals surface area (Å²) in [5.74, 6) is -2.69. The molecule has 576 valence electrons. The molecular formula is C81H97N13O15. The number of benzene rings is 5. The van der Waals surface area contributed by atoms with Crippen LogP contribution >= 0.6 is 0 Å². The first-order chi connectivity index (χ1) is 52.3. The highest BCUT2D eigenvalue weighted by Crippen LogP contribution is 2.58. The summed E-state index contributed by atoms with van der Waals surface area (Å²) in [5, 5.41) is 34.7. The second-order valence-corrected chi connectivity index (χ2v) is 30.8. The maximum absolute atomic E-state index is 14.5. The molecule has 9 amide bonds. The molecule has 6 N–H and O–H groups in total. The Balaban J connectivity index is 0.558. The normalized spacial score (nSPS) is 19.0. The van der Waals surface area contributed by atoms with Gasteiger partial charge in [0.1, 0.15) is 24.4 Å². The van der Waals surface area contributed by atoms with Crippen LogP contribution in [0.4, 0.5) is 27.5 Å². The van der Waals surface area contributed by atoms with Gasteiger partial charge in [-0.1, -0.05) is 94.4 Å². The molecule has 6 heterocycles. The number of nitrogens with one attached hydrogen (secondary N) is 5. The van der Waals surface area contributed by atoms with E-state index in [1.807, 2.05) is 64.3 Å². The van der Waals surface area contributed by atoms with Crippen LogP contribution in [0.25, 0.3) is 22.5 Å². The van der Waals surface area contributed by atoms with E-state index in [9.17, 15) is 48.3 Å². The van der Waals surface area contributed by atoms with E-state index in [1.165, 1.54) is 26.2 Å². The highest BCUT2D eigenvalue weighted by atomic mass is 16.6. The van der Waals surface area contributed by atoms with Gasteiger partial charge >= 0.3 is 6.09 Å². The molecule has 2 saturated carbocycles. The topological polar surface area (TPSA) is 336 Å². The monoisotopic (exact) mass is 1490 g/mol. The molecule has 1 aromatic heterocycles. The van der Waals surface area contributed by atoms with Gasteiger partial charge in [-0.3, -0.25) is 43.3 Å². The minimum atomic E-state index is -1.47. The zero-order chi connectivity index (χ0) is 77.2. The second kappa shape index (κ2) is 31.7. The fraction of sp³-hybridized carbons (Fsp3) is 0.481. The van der Waals surface area contributed by atoms with Crippen LogP contribution in [0.1, 0.15) is 157 Å². The lowest BCUT2D eigenvalue weighted by atomic mass is 9.85. The van der Waals surface area contributed by atoms with Gasteiger partial charge in [-0.15, -0.1) is 5.10 Å². The van der Waals surface area contributed by atoms with E-state index < -0.39 is 84.5 Å². The summed E-state index contributed by atoms with van der Waals surface area (Å²) in [5.41, 5.74) is 6.51. The zero-order valence-corrected chi connectivity index (χ0v) is 63.2. The Labute approximate surface area is 633 Å². The summed E-state index contributed by atoms with van der Waals surface area (Å²) in [6, 6.07) is 25.4. The molecule has 2 spiro atoms. The Morgan fingerprint density at radius 3 is 1.98 bits per heavy atom. The van der Waals surface area contributed by atoms with Gasteiger partial charge in [0.15, 0.2) is 29.2 Å². The zero-order valence-electron chi connectivity index (χ0n) is 63.2. The van der Waals surface area contributed by atoms with Crippen molar-refractivity contribution in [3.8, 4) is 45.5 Å². The molecule has 5 aromatic carbocycles. The minimum Gasteiger partial charge on any atom is -0.493 e. The van der Waals surface area contributed by atoms with Crippen LogP contribution in [0, 0.1) is 22.7 Å². The van der Waals surface area contributed by atoms with E-state index in [2.05, 4.69) is 54.3 Å². The minimum absolute atomic E-state index is 0.0177. The smallest absolute Gasteiger partial charge is 0.416 e. The van der Waals surface area contributed by atoms with Gasteiger partial charge in [0, 0.05) is 61.1 Å². The number of amides is 9. The number of anilines is 3. The van der Waals surface area contributed by atoms with Crippen molar-refractivity contribution in [3.63, 3.8) is 0 Å². The maximum Gasteiger partial charge on any atom is 0.416 e. The first-order valence-corrected chi connectivity index (χ1v) is 37.8. The lowest BCUT2D eigenvalue weighted by Crippen LogP contribution is -2.55. The molecule has 28 nitrogen and oxygen atoms in total. The van der Waals surface area contributed by atoms with Crippen molar-refractivity contribution in [1.82, 2.24) is 46.1 Å². The highest BCUT2D eigenvalue weighted by Gasteiger charge is 2.58. The Morgan fingerprint density at radius 1 is 0.670 bits per heavy atom. The molecule has 7 aliphatic rings. The number of unbranched alkanes of at least 4 members (excludes halogenated alkanes) is 2. The third-order valence-corrected chi connectivity index (χ3v) is 22.8. The molecule has 2 saturated heterocycles. The number of hydrogen-bond donors (Lipinski definition) is 6. The van der Waals surface area contributed by atoms with Crippen LogP contribution in [0.2, 0.25) is 0 Å². The van der Waals surface area contributed by atoms with Gasteiger partial charge in [-0.05, 0) is 142 Å². The SMILES string of the molecule is CCC(C)(C(C)C)n1nnc2c1-c1ccccc1N(C(=O)CCC(=O)NCC(=O)NCC(=O)N[C@H](C(=O)N[C@@H](C)C(=O)Nc1ccc(COC(=O)N3c4cc(OCCCCCOc5cc6c(cc5OC)C(=O)N5CC7(CC7)C[C@H]5C=N6)c(OC)cc4C(=O)N4CC5(CC5)C[C@H]4[C@@H]3O)cc1)C(C)C)Cc1ccccc1-2. The third-order valence-electron chi connectivity index (χ3n) is 22.8.